The molecule has 1 atom stereocenters. The highest BCUT2D eigenvalue weighted by Gasteiger charge is 2.33. The van der Waals surface area contributed by atoms with Gasteiger partial charge in [0.2, 0.25) is 11.8 Å². The summed E-state index contributed by atoms with van der Waals surface area (Å²) in [7, 11) is -2.66. The molecule has 9 nitrogen and oxygen atoms in total. The van der Waals surface area contributed by atoms with Crippen molar-refractivity contribution in [2.75, 3.05) is 31.1 Å². The van der Waals surface area contributed by atoms with Crippen LogP contribution in [-0.4, -0.2) is 58.0 Å². The van der Waals surface area contributed by atoms with Gasteiger partial charge in [-0.05, 0) is 43.7 Å². The summed E-state index contributed by atoms with van der Waals surface area (Å²) < 4.78 is 39.9. The number of sulfonamides is 1. The van der Waals surface area contributed by atoms with Crippen LogP contribution >= 0.6 is 0 Å². The third-order valence-electron chi connectivity index (χ3n) is 6.27. The first kappa shape index (κ1) is 27.0. The van der Waals surface area contributed by atoms with E-state index >= 15 is 0 Å². The molecule has 1 heterocycles. The first-order chi connectivity index (χ1) is 18.2. The number of carbonyl (C=O) groups excluding carboxylic acids is 2. The van der Waals surface area contributed by atoms with Gasteiger partial charge in [-0.25, -0.2) is 8.42 Å². The Hall–Kier alpha value is -4.05. The number of benzene rings is 3. The SMILES string of the molecule is CNC(=O)[C@@H](C)N(Cc1cccc(C)c1)C(=O)CN(c1ccc2c(c1)OCCO2)S(=O)(=O)c1ccccc1. The van der Waals surface area contributed by atoms with Crippen LogP contribution in [0.15, 0.2) is 77.7 Å². The summed E-state index contributed by atoms with van der Waals surface area (Å²) in [5.74, 6) is 0.00213. The molecule has 0 unspecified atom stereocenters. The van der Waals surface area contributed by atoms with Crippen molar-refractivity contribution in [1.82, 2.24) is 10.2 Å². The van der Waals surface area contributed by atoms with Crippen LogP contribution in [0.2, 0.25) is 0 Å². The minimum atomic E-state index is -4.15. The Bertz CT molecular complexity index is 1410. The van der Waals surface area contributed by atoms with Crippen LogP contribution in [0.5, 0.6) is 11.5 Å². The average molecular weight is 538 g/mol. The molecule has 0 fully saturated rings. The molecule has 3 aromatic carbocycles. The number of ether oxygens (including phenoxy) is 2. The zero-order chi connectivity index (χ0) is 27.3. The smallest absolute Gasteiger partial charge is 0.264 e. The van der Waals surface area contributed by atoms with Crippen LogP contribution in [0, 0.1) is 6.92 Å². The molecule has 0 radical (unpaired) electrons. The number of hydrogen-bond donors (Lipinski definition) is 1. The lowest BCUT2D eigenvalue weighted by atomic mass is 10.1. The Balaban J connectivity index is 1.74. The summed E-state index contributed by atoms with van der Waals surface area (Å²) >= 11 is 0. The maximum absolute atomic E-state index is 13.8. The van der Waals surface area contributed by atoms with Crippen molar-refractivity contribution in [1.29, 1.82) is 0 Å². The van der Waals surface area contributed by atoms with Gasteiger partial charge in [0.1, 0.15) is 25.8 Å². The molecule has 1 N–H and O–H groups in total. The fraction of sp³-hybridized carbons (Fsp3) is 0.286. The second-order valence-electron chi connectivity index (χ2n) is 8.95. The van der Waals surface area contributed by atoms with Crippen LogP contribution in [0.25, 0.3) is 0 Å². The highest BCUT2D eigenvalue weighted by atomic mass is 32.2. The molecule has 2 amide bonds. The number of aryl methyl sites for hydroxylation is 1. The molecule has 1 aliphatic heterocycles. The second kappa shape index (κ2) is 11.6. The highest BCUT2D eigenvalue weighted by Crippen LogP contribution is 2.36. The number of rotatable bonds is 9. The fourth-order valence-corrected chi connectivity index (χ4v) is 5.66. The van der Waals surface area contributed by atoms with Crippen molar-refractivity contribution < 1.29 is 27.5 Å². The molecule has 200 valence electrons. The summed E-state index contributed by atoms with van der Waals surface area (Å²) in [6.45, 7) is 3.89. The third kappa shape index (κ3) is 5.91. The van der Waals surface area contributed by atoms with E-state index in [-0.39, 0.29) is 23.0 Å². The van der Waals surface area contributed by atoms with Crippen LogP contribution in [0.4, 0.5) is 5.69 Å². The Morgan fingerprint density at radius 2 is 1.66 bits per heavy atom. The zero-order valence-electron chi connectivity index (χ0n) is 21.6. The zero-order valence-corrected chi connectivity index (χ0v) is 22.4. The molecule has 0 saturated carbocycles. The summed E-state index contributed by atoms with van der Waals surface area (Å²) in [6, 6.07) is 19.4. The van der Waals surface area contributed by atoms with Gasteiger partial charge in [-0.1, -0.05) is 48.0 Å². The molecule has 0 aliphatic carbocycles. The molecule has 38 heavy (non-hydrogen) atoms. The van der Waals surface area contributed by atoms with E-state index in [0.29, 0.717) is 24.7 Å². The van der Waals surface area contributed by atoms with E-state index < -0.39 is 28.5 Å². The minimum absolute atomic E-state index is 0.0345. The number of fused-ring (bicyclic) bond motifs is 1. The lowest BCUT2D eigenvalue weighted by molar-refractivity contribution is -0.139. The van der Waals surface area contributed by atoms with Gasteiger partial charge in [-0.3, -0.25) is 13.9 Å². The van der Waals surface area contributed by atoms with E-state index in [1.807, 2.05) is 31.2 Å². The van der Waals surface area contributed by atoms with Crippen LogP contribution in [0.1, 0.15) is 18.1 Å². The minimum Gasteiger partial charge on any atom is -0.486 e. The van der Waals surface area contributed by atoms with Gasteiger partial charge < -0.3 is 19.7 Å². The number of amides is 2. The molecular formula is C28H31N3O6S. The maximum atomic E-state index is 13.8. The highest BCUT2D eigenvalue weighted by molar-refractivity contribution is 7.92. The lowest BCUT2D eigenvalue weighted by Gasteiger charge is -2.32. The van der Waals surface area contributed by atoms with Crippen molar-refractivity contribution in [3.63, 3.8) is 0 Å². The largest absolute Gasteiger partial charge is 0.486 e. The van der Waals surface area contributed by atoms with E-state index in [1.165, 1.54) is 24.1 Å². The van der Waals surface area contributed by atoms with E-state index in [1.54, 1.807) is 43.3 Å². The molecule has 4 rings (SSSR count). The van der Waals surface area contributed by atoms with Gasteiger partial charge in [0, 0.05) is 19.7 Å². The Morgan fingerprint density at radius 1 is 0.947 bits per heavy atom. The molecular weight excluding hydrogens is 506 g/mol. The molecule has 0 spiro atoms. The Labute approximate surface area is 223 Å². The first-order valence-corrected chi connectivity index (χ1v) is 13.7. The van der Waals surface area contributed by atoms with Crippen molar-refractivity contribution in [2.24, 2.45) is 0 Å². The summed E-state index contributed by atoms with van der Waals surface area (Å²) in [6.07, 6.45) is 0. The maximum Gasteiger partial charge on any atom is 0.264 e. The van der Waals surface area contributed by atoms with E-state index in [0.717, 1.165) is 15.4 Å². The fourth-order valence-electron chi connectivity index (χ4n) is 4.23. The average Bonchev–Trinajstić information content (AvgIpc) is 2.93. The Kier molecular flexibility index (Phi) is 8.21. The molecule has 3 aromatic rings. The van der Waals surface area contributed by atoms with E-state index in [2.05, 4.69) is 5.32 Å². The van der Waals surface area contributed by atoms with Crippen LogP contribution in [0.3, 0.4) is 0 Å². The number of nitrogens with zero attached hydrogens (tertiary/aromatic N) is 2. The summed E-state index contributed by atoms with van der Waals surface area (Å²) in [5, 5.41) is 2.58. The van der Waals surface area contributed by atoms with E-state index in [4.69, 9.17) is 9.47 Å². The summed E-state index contributed by atoms with van der Waals surface area (Å²) in [5.41, 5.74) is 2.08. The Morgan fingerprint density at radius 3 is 2.34 bits per heavy atom. The molecule has 0 saturated heterocycles. The quantitative estimate of drug-likeness (QED) is 0.450. The lowest BCUT2D eigenvalue weighted by Crippen LogP contribution is -2.50. The topological polar surface area (TPSA) is 105 Å². The summed E-state index contributed by atoms with van der Waals surface area (Å²) in [4.78, 5) is 27.8. The van der Waals surface area contributed by atoms with Gasteiger partial charge in [-0.15, -0.1) is 0 Å². The number of anilines is 1. The van der Waals surface area contributed by atoms with Gasteiger partial charge >= 0.3 is 0 Å². The molecule has 0 bridgehead atoms. The second-order valence-corrected chi connectivity index (χ2v) is 10.8. The molecule has 1 aliphatic rings. The van der Waals surface area contributed by atoms with Gasteiger partial charge in [0.05, 0.1) is 10.6 Å². The van der Waals surface area contributed by atoms with Crippen molar-refractivity contribution in [3.8, 4) is 11.5 Å². The van der Waals surface area contributed by atoms with Crippen LogP contribution in [-0.2, 0) is 26.2 Å². The van der Waals surface area contributed by atoms with Gasteiger partial charge in [-0.2, -0.15) is 0 Å². The monoisotopic (exact) mass is 537 g/mol. The third-order valence-corrected chi connectivity index (χ3v) is 8.06. The number of hydrogen-bond acceptors (Lipinski definition) is 6. The van der Waals surface area contributed by atoms with Crippen molar-refractivity contribution in [2.45, 2.75) is 31.3 Å². The molecule has 10 heteroatoms. The van der Waals surface area contributed by atoms with Crippen LogP contribution < -0.4 is 19.1 Å². The van der Waals surface area contributed by atoms with Gasteiger partial charge in [0.15, 0.2) is 11.5 Å². The van der Waals surface area contributed by atoms with Crippen molar-refractivity contribution in [3.05, 3.63) is 83.9 Å². The predicted molar refractivity (Wildman–Crippen MR) is 144 cm³/mol. The molecule has 0 aromatic heterocycles. The predicted octanol–water partition coefficient (Wildman–Crippen LogP) is 3.12. The van der Waals surface area contributed by atoms with E-state index in [9.17, 15) is 18.0 Å². The number of carbonyl (C=O) groups is 2. The first-order valence-electron chi connectivity index (χ1n) is 12.2. The number of nitrogens with one attached hydrogen (secondary N) is 1. The number of likely N-dealkylation sites (N-methyl/N-ethyl adjacent to an activating group) is 1. The van der Waals surface area contributed by atoms with Gasteiger partial charge in [0.25, 0.3) is 10.0 Å². The standard InChI is InChI=1S/C28H31N3O6S/c1-20-8-7-9-22(16-20)18-30(21(2)28(33)29-3)27(32)19-31(38(34,35)24-10-5-4-6-11-24)23-12-13-25-26(17-23)37-15-14-36-25/h4-13,16-17,21H,14-15,18-19H2,1-3H3,(H,29,33)/t21-/m1/s1. The van der Waals surface area contributed by atoms with Crippen molar-refractivity contribution >= 4 is 27.5 Å². The normalized spacial score (nSPS) is 13.3.